The van der Waals surface area contributed by atoms with Gasteiger partial charge in [0.15, 0.2) is 0 Å². The summed E-state index contributed by atoms with van der Waals surface area (Å²) >= 11 is 36.3. The van der Waals surface area contributed by atoms with Crippen LogP contribution in [0.4, 0.5) is 0 Å². The molecule has 0 aromatic heterocycles. The minimum atomic E-state index is -1.66. The second kappa shape index (κ2) is 6.09. The van der Waals surface area contributed by atoms with Crippen molar-refractivity contribution in [2.45, 2.75) is 59.7 Å². The summed E-state index contributed by atoms with van der Waals surface area (Å²) in [5.74, 6) is 0. The molecule has 0 saturated carbocycles. The van der Waals surface area contributed by atoms with Gasteiger partial charge in [0, 0.05) is 11.1 Å². The maximum absolute atomic E-state index is 6.06. The molecule has 0 aliphatic heterocycles. The van der Waals surface area contributed by atoms with Crippen molar-refractivity contribution in [1.82, 2.24) is 4.67 Å². The SMILES string of the molecule is CC(C)(C)N(P(C(Cl)(Cl)Cl)C(Cl)(Cl)Cl)C(C)(C)C. The molecule has 0 bridgehead atoms. The van der Waals surface area contributed by atoms with Crippen LogP contribution in [0.3, 0.4) is 0 Å². The summed E-state index contributed by atoms with van der Waals surface area (Å²) < 4.78 is -1.32. The second-order valence-corrected chi connectivity index (χ2v) is 14.4. The number of alkyl halides is 6. The van der Waals surface area contributed by atoms with Crippen molar-refractivity contribution >= 4 is 77.7 Å². The molecule has 0 aliphatic carbocycles. The zero-order chi connectivity index (χ0) is 15.2. The topological polar surface area (TPSA) is 3.24 Å². The van der Waals surface area contributed by atoms with E-state index in [9.17, 15) is 0 Å². The van der Waals surface area contributed by atoms with Crippen molar-refractivity contribution in [2.75, 3.05) is 0 Å². The van der Waals surface area contributed by atoms with E-state index < -0.39 is 15.1 Å². The van der Waals surface area contributed by atoms with Gasteiger partial charge in [-0.25, -0.2) is 0 Å². The number of hydrogen-bond acceptors (Lipinski definition) is 1. The van der Waals surface area contributed by atoms with E-state index in [1.807, 2.05) is 46.2 Å². The highest BCUT2D eigenvalue weighted by Gasteiger charge is 2.55. The molecular weight excluding hydrogens is 378 g/mol. The third kappa shape index (κ3) is 5.86. The lowest BCUT2D eigenvalue weighted by atomic mass is 10.0. The Morgan fingerprint density at radius 3 is 0.889 bits per heavy atom. The van der Waals surface area contributed by atoms with Gasteiger partial charge in [-0.05, 0) is 41.5 Å². The van der Waals surface area contributed by atoms with E-state index in [0.29, 0.717) is 0 Å². The van der Waals surface area contributed by atoms with Crippen LogP contribution in [0.25, 0.3) is 0 Å². The maximum Gasteiger partial charge on any atom is 0.226 e. The summed E-state index contributed by atoms with van der Waals surface area (Å²) in [6, 6.07) is 0. The van der Waals surface area contributed by atoms with E-state index in [0.717, 1.165) is 0 Å². The molecule has 110 valence electrons. The van der Waals surface area contributed by atoms with Crippen molar-refractivity contribution in [2.24, 2.45) is 0 Å². The van der Waals surface area contributed by atoms with Crippen molar-refractivity contribution in [1.29, 1.82) is 0 Å². The molecule has 0 amide bonds. The third-order valence-electron chi connectivity index (χ3n) is 1.95. The Kier molecular flexibility index (Phi) is 6.81. The molecule has 0 aromatic carbocycles. The Balaban J connectivity index is 5.84. The molecule has 0 N–H and O–H groups in total. The molecule has 0 radical (unpaired) electrons. The summed E-state index contributed by atoms with van der Waals surface area (Å²) in [4.78, 5) is 0. The van der Waals surface area contributed by atoms with Gasteiger partial charge in [-0.3, -0.25) is 4.67 Å². The Morgan fingerprint density at radius 2 is 0.833 bits per heavy atom. The molecule has 0 fully saturated rings. The van der Waals surface area contributed by atoms with Gasteiger partial charge < -0.3 is 0 Å². The summed E-state index contributed by atoms with van der Waals surface area (Å²) in [7, 11) is -1.66. The molecule has 0 aliphatic rings. The predicted molar refractivity (Wildman–Crippen MR) is 88.8 cm³/mol. The molecule has 0 heterocycles. The Morgan fingerprint density at radius 1 is 0.611 bits per heavy atom. The molecule has 0 rings (SSSR count). The van der Waals surface area contributed by atoms with E-state index >= 15 is 0 Å². The smallest absolute Gasteiger partial charge is 0.226 e. The first kappa shape index (κ1) is 20.1. The van der Waals surface area contributed by atoms with E-state index in [1.54, 1.807) is 0 Å². The number of nitrogens with zero attached hydrogens (tertiary/aromatic N) is 1. The van der Waals surface area contributed by atoms with Crippen molar-refractivity contribution < 1.29 is 0 Å². The third-order valence-corrected chi connectivity index (χ3v) is 7.39. The maximum atomic E-state index is 6.06. The van der Waals surface area contributed by atoms with E-state index in [2.05, 4.69) is 0 Å². The summed E-state index contributed by atoms with van der Waals surface area (Å²) in [5, 5.41) is 0. The van der Waals surface area contributed by atoms with Crippen molar-refractivity contribution in [3.8, 4) is 0 Å². The standard InChI is InChI=1S/C10H18Cl6NP/c1-7(2,3)17(8(4,5)6)18(9(11,12)13)10(14,15)16/h1-6H3. The first-order chi connectivity index (χ1) is 7.49. The van der Waals surface area contributed by atoms with Crippen LogP contribution < -0.4 is 0 Å². The van der Waals surface area contributed by atoms with E-state index in [4.69, 9.17) is 69.6 Å². The van der Waals surface area contributed by atoms with Crippen LogP contribution >= 0.6 is 77.7 Å². The molecule has 18 heavy (non-hydrogen) atoms. The van der Waals surface area contributed by atoms with Gasteiger partial charge in [-0.15, -0.1) is 0 Å². The van der Waals surface area contributed by atoms with Crippen LogP contribution in [-0.2, 0) is 0 Å². The quantitative estimate of drug-likeness (QED) is 0.343. The summed E-state index contributed by atoms with van der Waals surface area (Å²) in [6.07, 6.45) is 0. The van der Waals surface area contributed by atoms with E-state index in [1.165, 1.54) is 0 Å². The average molecular weight is 396 g/mol. The normalized spacial score (nSPS) is 15.7. The van der Waals surface area contributed by atoms with E-state index in [-0.39, 0.29) is 11.1 Å². The fourth-order valence-corrected chi connectivity index (χ4v) is 8.73. The molecule has 0 aromatic rings. The minimum absolute atomic E-state index is 0.308. The van der Waals surface area contributed by atoms with Gasteiger partial charge in [0.05, 0.1) is 8.07 Å². The van der Waals surface area contributed by atoms with Gasteiger partial charge in [0.2, 0.25) is 7.07 Å². The summed E-state index contributed by atoms with van der Waals surface area (Å²) in [5.41, 5.74) is -0.615. The van der Waals surface area contributed by atoms with Crippen LogP contribution in [0.2, 0.25) is 0 Å². The van der Waals surface area contributed by atoms with Gasteiger partial charge in [-0.2, -0.15) is 0 Å². The van der Waals surface area contributed by atoms with Gasteiger partial charge in [-0.1, -0.05) is 69.6 Å². The first-order valence-corrected chi connectivity index (χ1v) is 8.79. The monoisotopic (exact) mass is 393 g/mol. The molecule has 0 saturated heterocycles. The minimum Gasteiger partial charge on any atom is -0.265 e. The molecular formula is C10H18Cl6NP. The van der Waals surface area contributed by atoms with Gasteiger partial charge >= 0.3 is 0 Å². The lowest BCUT2D eigenvalue weighted by Gasteiger charge is -2.53. The average Bonchev–Trinajstić information content (AvgIpc) is 1.89. The fourth-order valence-electron chi connectivity index (χ4n) is 1.98. The predicted octanol–water partition coefficient (Wildman–Crippen LogP) is 6.94. The molecule has 8 heteroatoms. The van der Waals surface area contributed by atoms with Crippen molar-refractivity contribution in [3.63, 3.8) is 0 Å². The lowest BCUT2D eigenvalue weighted by Crippen LogP contribution is -2.52. The Bertz CT molecular complexity index is 225. The van der Waals surface area contributed by atoms with Crippen LogP contribution in [0.1, 0.15) is 41.5 Å². The Hall–Kier alpha value is 2.13. The number of rotatable bonds is 1. The molecule has 0 atom stereocenters. The van der Waals surface area contributed by atoms with Crippen LogP contribution in [-0.4, -0.2) is 22.8 Å². The van der Waals surface area contributed by atoms with Crippen LogP contribution in [0.5, 0.6) is 0 Å². The van der Waals surface area contributed by atoms with Crippen molar-refractivity contribution in [3.05, 3.63) is 0 Å². The highest BCUT2D eigenvalue weighted by atomic mass is 35.6. The zero-order valence-corrected chi connectivity index (χ0v) is 16.6. The first-order valence-electron chi connectivity index (χ1n) is 5.23. The van der Waals surface area contributed by atoms with Gasteiger partial charge in [0.25, 0.3) is 0 Å². The van der Waals surface area contributed by atoms with Crippen LogP contribution in [0.15, 0.2) is 0 Å². The lowest BCUT2D eigenvalue weighted by molar-refractivity contribution is 0.147. The fraction of sp³-hybridized carbons (Fsp3) is 1.00. The van der Waals surface area contributed by atoms with Gasteiger partial charge in [0.1, 0.15) is 0 Å². The number of halogens is 6. The number of hydrogen-bond donors (Lipinski definition) is 0. The Labute approximate surface area is 141 Å². The highest BCUT2D eigenvalue weighted by Crippen LogP contribution is 2.74. The molecule has 1 nitrogen and oxygen atoms in total. The highest BCUT2D eigenvalue weighted by molar-refractivity contribution is 7.71. The zero-order valence-electron chi connectivity index (χ0n) is 11.2. The molecule has 0 spiro atoms. The summed E-state index contributed by atoms with van der Waals surface area (Å²) in [6.45, 7) is 12.0. The largest absolute Gasteiger partial charge is 0.265 e. The molecule has 0 unspecified atom stereocenters. The second-order valence-electron chi connectivity index (χ2n) is 5.90. The van der Waals surface area contributed by atoms with Crippen LogP contribution in [0, 0.1) is 0 Å².